The predicted molar refractivity (Wildman–Crippen MR) is 55.3 cm³/mol. The lowest BCUT2D eigenvalue weighted by atomic mass is 10.1. The van der Waals surface area contributed by atoms with E-state index in [0.29, 0.717) is 12.2 Å². The minimum atomic E-state index is -1.30. The molecule has 0 radical (unpaired) electrons. The highest BCUT2D eigenvalue weighted by Gasteiger charge is 2.09. The summed E-state index contributed by atoms with van der Waals surface area (Å²) in [5.74, 6) is 0.369. The van der Waals surface area contributed by atoms with Gasteiger partial charge >= 0.3 is 6.16 Å². The van der Waals surface area contributed by atoms with Crippen LogP contribution in [0.1, 0.15) is 12.5 Å². The van der Waals surface area contributed by atoms with Gasteiger partial charge in [-0.15, -0.1) is 0 Å². The summed E-state index contributed by atoms with van der Waals surface area (Å²) in [5.41, 5.74) is 0.828. The van der Waals surface area contributed by atoms with Crippen LogP contribution >= 0.6 is 0 Å². The smallest absolute Gasteiger partial charge is 0.449 e. The van der Waals surface area contributed by atoms with E-state index in [9.17, 15) is 4.79 Å². The first-order valence-corrected chi connectivity index (χ1v) is 4.65. The summed E-state index contributed by atoms with van der Waals surface area (Å²) in [7, 11) is 1.62. The van der Waals surface area contributed by atoms with Crippen LogP contribution in [0, 0.1) is 0 Å². The molecular formula is C11H14O4. The second kappa shape index (κ2) is 5.36. The molecule has 1 atom stereocenters. The molecule has 0 aliphatic heterocycles. The number of para-hydroxylation sites is 1. The van der Waals surface area contributed by atoms with Gasteiger partial charge in [-0.05, 0) is 18.6 Å². The normalized spacial score (nSPS) is 12.1. The molecule has 1 aromatic rings. The zero-order valence-corrected chi connectivity index (χ0v) is 8.77. The topological polar surface area (TPSA) is 55.8 Å². The minimum Gasteiger partial charge on any atom is -0.449 e. The quantitative estimate of drug-likeness (QED) is 0.612. The summed E-state index contributed by atoms with van der Waals surface area (Å²) in [6.07, 6.45) is -0.643. The van der Waals surface area contributed by atoms with Gasteiger partial charge in [0.05, 0.1) is 6.10 Å². The Kier molecular flexibility index (Phi) is 4.12. The molecule has 1 rings (SSSR count). The fourth-order valence-corrected chi connectivity index (χ4v) is 1.26. The fraction of sp³-hybridized carbons (Fsp3) is 0.364. The number of hydrogen-bond donors (Lipinski definition) is 1. The zero-order valence-electron chi connectivity index (χ0n) is 8.77. The summed E-state index contributed by atoms with van der Waals surface area (Å²) >= 11 is 0. The highest BCUT2D eigenvalue weighted by Crippen LogP contribution is 2.20. The second-order valence-corrected chi connectivity index (χ2v) is 3.23. The summed E-state index contributed by atoms with van der Waals surface area (Å²) in [4.78, 5) is 10.4. The van der Waals surface area contributed by atoms with Crippen molar-refractivity contribution in [1.29, 1.82) is 0 Å². The maximum absolute atomic E-state index is 10.4. The van der Waals surface area contributed by atoms with E-state index in [1.807, 2.05) is 19.1 Å². The maximum Gasteiger partial charge on any atom is 0.511 e. The molecule has 15 heavy (non-hydrogen) atoms. The van der Waals surface area contributed by atoms with Crippen molar-refractivity contribution < 1.29 is 19.4 Å². The van der Waals surface area contributed by atoms with Gasteiger partial charge in [-0.3, -0.25) is 0 Å². The third-order valence-corrected chi connectivity index (χ3v) is 2.08. The van der Waals surface area contributed by atoms with Crippen LogP contribution in [0.4, 0.5) is 4.79 Å². The van der Waals surface area contributed by atoms with Crippen molar-refractivity contribution in [3.8, 4) is 5.75 Å². The lowest BCUT2D eigenvalue weighted by Gasteiger charge is -2.12. The molecular weight excluding hydrogens is 196 g/mol. The predicted octanol–water partition coefficient (Wildman–Crippen LogP) is 2.32. The van der Waals surface area contributed by atoms with Crippen LogP contribution < -0.4 is 4.74 Å². The standard InChI is InChI=1S/C11H14O4/c1-8(14-2)7-9-5-3-4-6-10(9)15-11(12)13/h3-6,8H,7H2,1-2H3,(H,12,13). The van der Waals surface area contributed by atoms with E-state index >= 15 is 0 Å². The van der Waals surface area contributed by atoms with Crippen molar-refractivity contribution >= 4 is 6.16 Å². The number of hydrogen-bond acceptors (Lipinski definition) is 3. The van der Waals surface area contributed by atoms with Gasteiger partial charge < -0.3 is 14.6 Å². The molecule has 0 spiro atoms. The number of methoxy groups -OCH3 is 1. The van der Waals surface area contributed by atoms with Crippen molar-refractivity contribution in [1.82, 2.24) is 0 Å². The van der Waals surface area contributed by atoms with Crippen LogP contribution in [-0.2, 0) is 11.2 Å². The van der Waals surface area contributed by atoms with E-state index in [2.05, 4.69) is 4.74 Å². The van der Waals surface area contributed by atoms with Gasteiger partial charge in [-0.25, -0.2) is 4.79 Å². The Balaban J connectivity index is 2.81. The fourth-order valence-electron chi connectivity index (χ4n) is 1.26. The van der Waals surface area contributed by atoms with Crippen LogP contribution in [0.15, 0.2) is 24.3 Å². The first-order valence-electron chi connectivity index (χ1n) is 4.65. The molecule has 0 aromatic heterocycles. The summed E-state index contributed by atoms with van der Waals surface area (Å²) < 4.78 is 9.76. The highest BCUT2D eigenvalue weighted by atomic mass is 16.7. The van der Waals surface area contributed by atoms with Crippen molar-refractivity contribution in [3.63, 3.8) is 0 Å². The molecule has 4 nitrogen and oxygen atoms in total. The van der Waals surface area contributed by atoms with Crippen molar-refractivity contribution in [2.24, 2.45) is 0 Å². The molecule has 82 valence electrons. The van der Waals surface area contributed by atoms with Gasteiger partial charge in [0.2, 0.25) is 0 Å². The van der Waals surface area contributed by atoms with Gasteiger partial charge in [0.1, 0.15) is 5.75 Å². The third kappa shape index (κ3) is 3.59. The molecule has 4 heteroatoms. The number of carbonyl (C=O) groups is 1. The minimum absolute atomic E-state index is 0.0311. The van der Waals surface area contributed by atoms with E-state index in [1.165, 1.54) is 0 Å². The average molecular weight is 210 g/mol. The second-order valence-electron chi connectivity index (χ2n) is 3.23. The number of benzene rings is 1. The Hall–Kier alpha value is -1.55. The lowest BCUT2D eigenvalue weighted by molar-refractivity contribution is 0.117. The zero-order chi connectivity index (χ0) is 11.3. The van der Waals surface area contributed by atoms with Gasteiger partial charge in [0.25, 0.3) is 0 Å². The van der Waals surface area contributed by atoms with E-state index < -0.39 is 6.16 Å². The van der Waals surface area contributed by atoms with Gasteiger partial charge in [-0.2, -0.15) is 0 Å². The Morgan fingerprint density at radius 3 is 2.73 bits per heavy atom. The van der Waals surface area contributed by atoms with E-state index in [4.69, 9.17) is 9.84 Å². The van der Waals surface area contributed by atoms with E-state index in [1.54, 1.807) is 19.2 Å². The van der Waals surface area contributed by atoms with Crippen LogP contribution in [-0.4, -0.2) is 24.5 Å². The molecule has 0 bridgehead atoms. The molecule has 0 heterocycles. The monoisotopic (exact) mass is 210 g/mol. The Morgan fingerprint density at radius 2 is 2.13 bits per heavy atom. The first-order chi connectivity index (χ1) is 7.13. The summed E-state index contributed by atoms with van der Waals surface area (Å²) in [6.45, 7) is 1.91. The number of rotatable bonds is 4. The van der Waals surface area contributed by atoms with E-state index in [0.717, 1.165) is 5.56 Å². The Bertz CT molecular complexity index is 335. The molecule has 1 N–H and O–H groups in total. The SMILES string of the molecule is COC(C)Cc1ccccc1OC(=O)O. The Morgan fingerprint density at radius 1 is 1.47 bits per heavy atom. The van der Waals surface area contributed by atoms with Gasteiger partial charge in [0, 0.05) is 13.5 Å². The van der Waals surface area contributed by atoms with Crippen molar-refractivity contribution in [3.05, 3.63) is 29.8 Å². The molecule has 0 aliphatic rings. The van der Waals surface area contributed by atoms with Gasteiger partial charge in [0.15, 0.2) is 0 Å². The van der Waals surface area contributed by atoms with Crippen LogP contribution in [0.2, 0.25) is 0 Å². The third-order valence-electron chi connectivity index (χ3n) is 2.08. The molecule has 0 amide bonds. The Labute approximate surface area is 88.4 Å². The van der Waals surface area contributed by atoms with Crippen LogP contribution in [0.3, 0.4) is 0 Å². The molecule has 0 saturated carbocycles. The molecule has 0 aliphatic carbocycles. The van der Waals surface area contributed by atoms with E-state index in [-0.39, 0.29) is 6.10 Å². The number of ether oxygens (including phenoxy) is 2. The van der Waals surface area contributed by atoms with Crippen molar-refractivity contribution in [2.75, 3.05) is 7.11 Å². The number of carboxylic acid groups (broad SMARTS) is 1. The van der Waals surface area contributed by atoms with Crippen molar-refractivity contribution in [2.45, 2.75) is 19.4 Å². The first kappa shape index (κ1) is 11.5. The largest absolute Gasteiger partial charge is 0.511 e. The summed E-state index contributed by atoms with van der Waals surface area (Å²) in [5, 5.41) is 8.53. The lowest BCUT2D eigenvalue weighted by Crippen LogP contribution is -2.11. The molecule has 0 fully saturated rings. The molecule has 0 saturated heterocycles. The van der Waals surface area contributed by atoms with Gasteiger partial charge in [-0.1, -0.05) is 18.2 Å². The van der Waals surface area contributed by atoms with Crippen LogP contribution in [0.5, 0.6) is 5.75 Å². The van der Waals surface area contributed by atoms with Crippen LogP contribution in [0.25, 0.3) is 0 Å². The molecule has 1 aromatic carbocycles. The highest BCUT2D eigenvalue weighted by molar-refractivity contribution is 5.62. The summed E-state index contributed by atoms with van der Waals surface area (Å²) in [6, 6.07) is 7.03. The average Bonchev–Trinajstić information content (AvgIpc) is 2.20. The molecule has 1 unspecified atom stereocenters. The maximum atomic E-state index is 10.4.